The maximum Gasteiger partial charge on any atom is 0.238 e. The third-order valence-corrected chi connectivity index (χ3v) is 4.44. The standard InChI is InChI=1S/C19H30N4O2.ClH/c1-3-11-22(12-8-19(25)23-13-9-20-10-14-23)15-18(24)21-17-7-5-4-6-16(17)2;/h4-7,20H,3,8-15H2,1-2H3,(H,21,24);1H. The van der Waals surface area contributed by atoms with Crippen molar-refractivity contribution in [2.45, 2.75) is 26.7 Å². The van der Waals surface area contributed by atoms with Gasteiger partial charge in [0, 0.05) is 44.8 Å². The van der Waals surface area contributed by atoms with Crippen LogP contribution in [0.2, 0.25) is 0 Å². The highest BCUT2D eigenvalue weighted by Crippen LogP contribution is 2.13. The number of benzene rings is 1. The number of hydrogen-bond donors (Lipinski definition) is 2. The molecule has 0 aliphatic carbocycles. The van der Waals surface area contributed by atoms with Gasteiger partial charge >= 0.3 is 0 Å². The van der Waals surface area contributed by atoms with Gasteiger partial charge in [-0.2, -0.15) is 0 Å². The molecular formula is C19H31ClN4O2. The van der Waals surface area contributed by atoms with Gasteiger partial charge < -0.3 is 15.5 Å². The van der Waals surface area contributed by atoms with E-state index in [0.29, 0.717) is 19.5 Å². The first-order valence-corrected chi connectivity index (χ1v) is 9.16. The molecule has 6 nitrogen and oxygen atoms in total. The van der Waals surface area contributed by atoms with Crippen LogP contribution >= 0.6 is 12.4 Å². The minimum atomic E-state index is -0.0302. The van der Waals surface area contributed by atoms with Gasteiger partial charge in [-0.25, -0.2) is 0 Å². The molecule has 0 unspecified atom stereocenters. The van der Waals surface area contributed by atoms with E-state index >= 15 is 0 Å². The third-order valence-electron chi connectivity index (χ3n) is 4.44. The number of para-hydroxylation sites is 1. The van der Waals surface area contributed by atoms with Gasteiger partial charge in [-0.3, -0.25) is 14.5 Å². The number of aryl methyl sites for hydroxylation is 1. The summed E-state index contributed by atoms with van der Waals surface area (Å²) in [6, 6.07) is 7.76. The van der Waals surface area contributed by atoms with Crippen LogP contribution in [0.25, 0.3) is 0 Å². The molecule has 0 spiro atoms. The van der Waals surface area contributed by atoms with Crippen LogP contribution in [-0.4, -0.2) is 67.4 Å². The van der Waals surface area contributed by atoms with E-state index in [2.05, 4.69) is 22.5 Å². The number of carbonyl (C=O) groups is 2. The average Bonchev–Trinajstić information content (AvgIpc) is 2.62. The SMILES string of the molecule is CCCN(CCC(=O)N1CCNCC1)CC(=O)Nc1ccccc1C.Cl. The molecule has 0 radical (unpaired) electrons. The Labute approximate surface area is 162 Å². The molecule has 0 saturated carbocycles. The largest absolute Gasteiger partial charge is 0.340 e. The molecule has 1 heterocycles. The summed E-state index contributed by atoms with van der Waals surface area (Å²) in [7, 11) is 0. The van der Waals surface area contributed by atoms with Crippen molar-refractivity contribution in [3.8, 4) is 0 Å². The van der Waals surface area contributed by atoms with Crippen LogP contribution in [0.3, 0.4) is 0 Å². The molecular weight excluding hydrogens is 352 g/mol. The molecule has 1 aliphatic rings. The molecule has 1 saturated heterocycles. The number of rotatable bonds is 8. The topological polar surface area (TPSA) is 64.7 Å². The zero-order chi connectivity index (χ0) is 18.1. The van der Waals surface area contributed by atoms with E-state index in [1.54, 1.807) is 0 Å². The average molecular weight is 383 g/mol. The monoisotopic (exact) mass is 382 g/mol. The van der Waals surface area contributed by atoms with Crippen LogP contribution in [0.1, 0.15) is 25.3 Å². The van der Waals surface area contributed by atoms with E-state index in [0.717, 1.165) is 50.4 Å². The molecule has 1 aliphatic heterocycles. The first-order valence-electron chi connectivity index (χ1n) is 9.16. The van der Waals surface area contributed by atoms with Crippen molar-refractivity contribution in [2.75, 3.05) is 51.1 Å². The van der Waals surface area contributed by atoms with Crippen LogP contribution in [0.15, 0.2) is 24.3 Å². The summed E-state index contributed by atoms with van der Waals surface area (Å²) in [5.74, 6) is 0.152. The second kappa shape index (κ2) is 11.9. The molecule has 146 valence electrons. The number of carbonyl (C=O) groups excluding carboxylic acids is 2. The van der Waals surface area contributed by atoms with E-state index in [1.807, 2.05) is 36.1 Å². The van der Waals surface area contributed by atoms with Gasteiger partial charge in [0.2, 0.25) is 11.8 Å². The Morgan fingerprint density at radius 2 is 1.88 bits per heavy atom. The normalized spacial score (nSPS) is 14.0. The lowest BCUT2D eigenvalue weighted by molar-refractivity contribution is -0.132. The van der Waals surface area contributed by atoms with Crippen molar-refractivity contribution in [2.24, 2.45) is 0 Å². The molecule has 0 aromatic heterocycles. The lowest BCUT2D eigenvalue weighted by Crippen LogP contribution is -2.47. The summed E-state index contributed by atoms with van der Waals surface area (Å²) in [6.45, 7) is 9.11. The molecule has 2 rings (SSSR count). The predicted molar refractivity (Wildman–Crippen MR) is 108 cm³/mol. The fourth-order valence-electron chi connectivity index (χ4n) is 3.02. The maximum atomic E-state index is 12.3. The van der Waals surface area contributed by atoms with Crippen molar-refractivity contribution in [3.63, 3.8) is 0 Å². The summed E-state index contributed by atoms with van der Waals surface area (Å²) in [4.78, 5) is 28.6. The molecule has 0 bridgehead atoms. The number of nitrogens with one attached hydrogen (secondary N) is 2. The zero-order valence-corrected chi connectivity index (χ0v) is 16.6. The molecule has 2 N–H and O–H groups in total. The molecule has 7 heteroatoms. The zero-order valence-electron chi connectivity index (χ0n) is 15.8. The van der Waals surface area contributed by atoms with Gasteiger partial charge in [-0.05, 0) is 31.5 Å². The predicted octanol–water partition coefficient (Wildman–Crippen LogP) is 1.89. The number of nitrogens with zero attached hydrogens (tertiary/aromatic N) is 2. The van der Waals surface area contributed by atoms with Crippen molar-refractivity contribution < 1.29 is 9.59 Å². The van der Waals surface area contributed by atoms with Gasteiger partial charge in [-0.15, -0.1) is 12.4 Å². The van der Waals surface area contributed by atoms with Crippen LogP contribution < -0.4 is 10.6 Å². The van der Waals surface area contributed by atoms with E-state index < -0.39 is 0 Å². The molecule has 1 aromatic carbocycles. The van der Waals surface area contributed by atoms with Gasteiger partial charge in [0.05, 0.1) is 6.54 Å². The molecule has 0 atom stereocenters. The Kier molecular flexibility index (Phi) is 10.2. The van der Waals surface area contributed by atoms with E-state index in [-0.39, 0.29) is 24.2 Å². The van der Waals surface area contributed by atoms with Crippen molar-refractivity contribution >= 4 is 29.9 Å². The fraction of sp³-hybridized carbons (Fsp3) is 0.579. The van der Waals surface area contributed by atoms with Gasteiger partial charge in [0.25, 0.3) is 0 Å². The van der Waals surface area contributed by atoms with Crippen LogP contribution in [0.4, 0.5) is 5.69 Å². The van der Waals surface area contributed by atoms with Gasteiger partial charge in [0.15, 0.2) is 0 Å². The second-order valence-electron chi connectivity index (χ2n) is 6.52. The maximum absolute atomic E-state index is 12.3. The number of amides is 2. The molecule has 2 amide bonds. The van der Waals surface area contributed by atoms with Crippen molar-refractivity contribution in [3.05, 3.63) is 29.8 Å². The number of hydrogen-bond acceptors (Lipinski definition) is 4. The first kappa shape index (κ1) is 22.4. The van der Waals surface area contributed by atoms with Crippen molar-refractivity contribution in [1.29, 1.82) is 0 Å². The van der Waals surface area contributed by atoms with Crippen LogP contribution in [0, 0.1) is 6.92 Å². The Morgan fingerprint density at radius 3 is 2.54 bits per heavy atom. The number of halogens is 1. The van der Waals surface area contributed by atoms with Crippen LogP contribution in [-0.2, 0) is 9.59 Å². The summed E-state index contributed by atoms with van der Waals surface area (Å²) < 4.78 is 0. The summed E-state index contributed by atoms with van der Waals surface area (Å²) in [6.07, 6.45) is 1.43. The lowest BCUT2D eigenvalue weighted by Gasteiger charge is -2.28. The summed E-state index contributed by atoms with van der Waals surface area (Å²) in [5, 5.41) is 6.22. The third kappa shape index (κ3) is 7.32. The van der Waals surface area contributed by atoms with Crippen LogP contribution in [0.5, 0.6) is 0 Å². The molecule has 1 fully saturated rings. The Hall–Kier alpha value is -1.63. The Balaban J connectivity index is 0.00000338. The first-order chi connectivity index (χ1) is 12.1. The minimum absolute atomic E-state index is 0. The molecule has 1 aromatic rings. The smallest absolute Gasteiger partial charge is 0.238 e. The van der Waals surface area contributed by atoms with Crippen molar-refractivity contribution in [1.82, 2.24) is 15.1 Å². The highest BCUT2D eigenvalue weighted by molar-refractivity contribution is 5.93. The van der Waals surface area contributed by atoms with E-state index in [9.17, 15) is 9.59 Å². The number of piperazine rings is 1. The summed E-state index contributed by atoms with van der Waals surface area (Å²) in [5.41, 5.74) is 1.90. The van der Waals surface area contributed by atoms with E-state index in [4.69, 9.17) is 0 Å². The minimum Gasteiger partial charge on any atom is -0.340 e. The summed E-state index contributed by atoms with van der Waals surface area (Å²) >= 11 is 0. The Bertz CT molecular complexity index is 576. The Morgan fingerprint density at radius 1 is 1.19 bits per heavy atom. The highest BCUT2D eigenvalue weighted by atomic mass is 35.5. The molecule has 26 heavy (non-hydrogen) atoms. The fourth-order valence-corrected chi connectivity index (χ4v) is 3.02. The quantitative estimate of drug-likeness (QED) is 0.720. The lowest BCUT2D eigenvalue weighted by atomic mass is 10.2. The highest BCUT2D eigenvalue weighted by Gasteiger charge is 2.18. The van der Waals surface area contributed by atoms with Gasteiger partial charge in [0.1, 0.15) is 0 Å². The number of anilines is 1. The van der Waals surface area contributed by atoms with Gasteiger partial charge in [-0.1, -0.05) is 25.1 Å². The second-order valence-corrected chi connectivity index (χ2v) is 6.52. The van der Waals surface area contributed by atoms with E-state index in [1.165, 1.54) is 0 Å².